The van der Waals surface area contributed by atoms with Crippen molar-refractivity contribution >= 4 is 18.2 Å². The molecule has 0 spiro atoms. The lowest BCUT2D eigenvalue weighted by molar-refractivity contribution is 0.0626. The maximum Gasteiger partial charge on any atom is 0.132 e. The Balaban J connectivity index is 0.00000289. The smallest absolute Gasteiger partial charge is 0.132 e. The highest BCUT2D eigenvalue weighted by molar-refractivity contribution is 5.85. The van der Waals surface area contributed by atoms with Crippen molar-refractivity contribution in [1.29, 1.82) is 0 Å². The molecule has 4 rings (SSSR count). The van der Waals surface area contributed by atoms with E-state index in [2.05, 4.69) is 37.2 Å². The number of β-amino-alcohol motifs (C(OH)–C–C–N with tert-alkyl or cyclic N) is 1. The number of nitrogens with one attached hydrogen (secondary N) is 1. The fourth-order valence-electron chi connectivity index (χ4n) is 4.47. The van der Waals surface area contributed by atoms with E-state index in [0.29, 0.717) is 19.6 Å². The number of likely N-dealkylation sites (tertiary alicyclic amines) is 1. The maximum atomic E-state index is 11.0. The standard InChI is InChI=1S/C24H35N5O2.ClH/c1-20-14-23(27-19-26-20)29-11-8-24(30,18-29)17-25-16-21-6-5-7-22(15-21)31-13-12-28-9-3-2-4-10-28;/h5-7,14-15,19,25,30H,2-4,8-13,16-18H2,1H3;1H. The molecule has 1 aromatic heterocycles. The fraction of sp³-hybridized carbons (Fsp3) is 0.583. The molecule has 1 unspecified atom stereocenters. The molecule has 1 aromatic carbocycles. The van der Waals surface area contributed by atoms with Crippen molar-refractivity contribution in [2.24, 2.45) is 0 Å². The Morgan fingerprint density at radius 2 is 1.97 bits per heavy atom. The normalized spacial score (nSPS) is 21.4. The van der Waals surface area contributed by atoms with Crippen LogP contribution in [0.1, 0.15) is 36.9 Å². The van der Waals surface area contributed by atoms with Gasteiger partial charge < -0.3 is 20.1 Å². The molecule has 2 fully saturated rings. The predicted octanol–water partition coefficient (Wildman–Crippen LogP) is 2.80. The van der Waals surface area contributed by atoms with Gasteiger partial charge in [0.1, 0.15) is 24.5 Å². The van der Waals surface area contributed by atoms with Crippen LogP contribution in [0, 0.1) is 6.92 Å². The molecular formula is C24H36ClN5O2. The summed E-state index contributed by atoms with van der Waals surface area (Å²) in [4.78, 5) is 13.1. The van der Waals surface area contributed by atoms with Gasteiger partial charge in [-0.1, -0.05) is 18.6 Å². The van der Waals surface area contributed by atoms with E-state index in [1.54, 1.807) is 6.33 Å². The van der Waals surface area contributed by atoms with Crippen LogP contribution in [0.3, 0.4) is 0 Å². The van der Waals surface area contributed by atoms with Gasteiger partial charge in [0.2, 0.25) is 0 Å². The number of aryl methyl sites for hydroxylation is 1. The first-order valence-electron chi connectivity index (χ1n) is 11.5. The van der Waals surface area contributed by atoms with Crippen LogP contribution in [0.5, 0.6) is 5.75 Å². The van der Waals surface area contributed by atoms with Crippen LogP contribution in [-0.2, 0) is 6.54 Å². The molecule has 0 bridgehead atoms. The second kappa shape index (κ2) is 11.8. The Hall–Kier alpha value is -1.93. The van der Waals surface area contributed by atoms with Crippen LogP contribution in [0.4, 0.5) is 5.82 Å². The van der Waals surface area contributed by atoms with Crippen molar-refractivity contribution in [2.45, 2.75) is 44.8 Å². The van der Waals surface area contributed by atoms with E-state index in [1.165, 1.54) is 37.9 Å². The van der Waals surface area contributed by atoms with Gasteiger partial charge in [-0.2, -0.15) is 0 Å². The topological polar surface area (TPSA) is 73.8 Å². The van der Waals surface area contributed by atoms with Crippen molar-refractivity contribution in [3.8, 4) is 5.75 Å². The molecule has 1 atom stereocenters. The van der Waals surface area contributed by atoms with Gasteiger partial charge in [0, 0.05) is 44.5 Å². The van der Waals surface area contributed by atoms with E-state index in [1.807, 2.05) is 25.1 Å². The number of halogens is 1. The minimum Gasteiger partial charge on any atom is -0.492 e. The molecule has 2 aliphatic heterocycles. The molecule has 3 heterocycles. The number of hydrogen-bond donors (Lipinski definition) is 2. The monoisotopic (exact) mass is 461 g/mol. The summed E-state index contributed by atoms with van der Waals surface area (Å²) in [6.07, 6.45) is 6.29. The molecule has 8 heteroatoms. The lowest BCUT2D eigenvalue weighted by atomic mass is 10.0. The number of anilines is 1. The zero-order valence-corrected chi connectivity index (χ0v) is 19.8. The van der Waals surface area contributed by atoms with Gasteiger partial charge in [-0.05, 0) is 57.0 Å². The van der Waals surface area contributed by atoms with Crippen molar-refractivity contribution in [1.82, 2.24) is 20.2 Å². The summed E-state index contributed by atoms with van der Waals surface area (Å²) in [7, 11) is 0. The molecule has 2 saturated heterocycles. The van der Waals surface area contributed by atoms with Crippen LogP contribution in [0.15, 0.2) is 36.7 Å². The van der Waals surface area contributed by atoms with Crippen molar-refractivity contribution in [2.75, 3.05) is 50.8 Å². The number of aromatic nitrogens is 2. The number of piperidine rings is 1. The molecule has 0 saturated carbocycles. The lowest BCUT2D eigenvalue weighted by Gasteiger charge is -2.26. The Morgan fingerprint density at radius 3 is 2.78 bits per heavy atom. The van der Waals surface area contributed by atoms with E-state index in [-0.39, 0.29) is 12.4 Å². The van der Waals surface area contributed by atoms with E-state index in [4.69, 9.17) is 4.74 Å². The number of benzene rings is 1. The molecule has 2 N–H and O–H groups in total. The summed E-state index contributed by atoms with van der Waals surface area (Å²) < 4.78 is 5.98. The highest BCUT2D eigenvalue weighted by atomic mass is 35.5. The molecule has 2 aromatic rings. The molecular weight excluding hydrogens is 426 g/mol. The van der Waals surface area contributed by atoms with E-state index < -0.39 is 5.60 Å². The largest absolute Gasteiger partial charge is 0.492 e. The van der Waals surface area contributed by atoms with Gasteiger partial charge in [0.25, 0.3) is 0 Å². The predicted molar refractivity (Wildman–Crippen MR) is 130 cm³/mol. The number of rotatable bonds is 9. The molecule has 176 valence electrons. The quantitative estimate of drug-likeness (QED) is 0.594. The third-order valence-corrected chi connectivity index (χ3v) is 6.25. The number of aliphatic hydroxyl groups is 1. The number of nitrogens with zero attached hydrogens (tertiary/aromatic N) is 4. The van der Waals surface area contributed by atoms with Crippen molar-refractivity contribution in [3.05, 3.63) is 47.9 Å². The third-order valence-electron chi connectivity index (χ3n) is 6.25. The molecule has 0 radical (unpaired) electrons. The van der Waals surface area contributed by atoms with E-state index >= 15 is 0 Å². The molecule has 7 nitrogen and oxygen atoms in total. The first-order valence-corrected chi connectivity index (χ1v) is 11.5. The van der Waals surface area contributed by atoms with Gasteiger partial charge >= 0.3 is 0 Å². The van der Waals surface area contributed by atoms with Crippen LogP contribution in [0.25, 0.3) is 0 Å². The van der Waals surface area contributed by atoms with Crippen LogP contribution in [-0.4, -0.2) is 71.5 Å². The average Bonchev–Trinajstić information content (AvgIpc) is 3.17. The Bertz CT molecular complexity index is 849. The van der Waals surface area contributed by atoms with Gasteiger partial charge in [-0.15, -0.1) is 12.4 Å². The zero-order valence-electron chi connectivity index (χ0n) is 19.0. The first-order chi connectivity index (χ1) is 15.1. The highest BCUT2D eigenvalue weighted by Gasteiger charge is 2.36. The summed E-state index contributed by atoms with van der Waals surface area (Å²) in [5.41, 5.74) is 1.36. The van der Waals surface area contributed by atoms with Crippen molar-refractivity contribution in [3.63, 3.8) is 0 Å². The minimum absolute atomic E-state index is 0. The first kappa shape index (κ1) is 24.7. The number of hydrogen-bond acceptors (Lipinski definition) is 7. The number of ether oxygens (including phenoxy) is 1. The summed E-state index contributed by atoms with van der Waals surface area (Å²) in [5, 5.41) is 14.4. The van der Waals surface area contributed by atoms with Crippen molar-refractivity contribution < 1.29 is 9.84 Å². The molecule has 0 amide bonds. The van der Waals surface area contributed by atoms with E-state index in [9.17, 15) is 5.11 Å². The van der Waals surface area contributed by atoms with Crippen LogP contribution in [0.2, 0.25) is 0 Å². The van der Waals surface area contributed by atoms with Gasteiger partial charge in [-0.25, -0.2) is 9.97 Å². The molecule has 2 aliphatic rings. The second-order valence-corrected chi connectivity index (χ2v) is 8.92. The molecule has 32 heavy (non-hydrogen) atoms. The Kier molecular flexibility index (Phi) is 9.11. The Labute approximate surface area is 197 Å². The molecule has 0 aliphatic carbocycles. The van der Waals surface area contributed by atoms with Crippen LogP contribution < -0.4 is 15.0 Å². The second-order valence-electron chi connectivity index (χ2n) is 8.92. The summed E-state index contributed by atoms with van der Waals surface area (Å²) in [6.45, 7) is 8.72. The zero-order chi connectivity index (χ0) is 21.5. The fourth-order valence-corrected chi connectivity index (χ4v) is 4.47. The SMILES string of the molecule is Cc1cc(N2CCC(O)(CNCc3cccc(OCCN4CCCCC4)c3)C2)ncn1.Cl. The lowest BCUT2D eigenvalue weighted by Crippen LogP contribution is -2.43. The summed E-state index contributed by atoms with van der Waals surface area (Å²) in [6, 6.07) is 10.2. The summed E-state index contributed by atoms with van der Waals surface area (Å²) in [5.74, 6) is 1.80. The summed E-state index contributed by atoms with van der Waals surface area (Å²) >= 11 is 0. The average molecular weight is 462 g/mol. The Morgan fingerprint density at radius 1 is 1.12 bits per heavy atom. The van der Waals surface area contributed by atoms with Gasteiger partial charge in [-0.3, -0.25) is 4.90 Å². The van der Waals surface area contributed by atoms with Gasteiger partial charge in [0.15, 0.2) is 0 Å². The third kappa shape index (κ3) is 7.04. The maximum absolute atomic E-state index is 11.0. The van der Waals surface area contributed by atoms with Gasteiger partial charge in [0.05, 0.1) is 5.60 Å². The van der Waals surface area contributed by atoms with Crippen LogP contribution >= 0.6 is 12.4 Å². The highest BCUT2D eigenvalue weighted by Crippen LogP contribution is 2.25. The minimum atomic E-state index is -0.749. The van der Waals surface area contributed by atoms with E-state index in [0.717, 1.165) is 43.4 Å².